The van der Waals surface area contributed by atoms with Gasteiger partial charge in [-0.1, -0.05) is 23.8 Å². The molecule has 0 saturated carbocycles. The van der Waals surface area contributed by atoms with Gasteiger partial charge >= 0.3 is 0 Å². The summed E-state index contributed by atoms with van der Waals surface area (Å²) in [5.41, 5.74) is 9.79. The fourth-order valence-corrected chi connectivity index (χ4v) is 1.93. The second-order valence-corrected chi connectivity index (χ2v) is 4.54. The van der Waals surface area contributed by atoms with E-state index in [1.54, 1.807) is 6.07 Å². The van der Waals surface area contributed by atoms with Crippen LogP contribution in [0.2, 0.25) is 0 Å². The number of aryl methyl sites for hydroxylation is 1. The van der Waals surface area contributed by atoms with Gasteiger partial charge in [0.25, 0.3) is 0 Å². The third-order valence-electron chi connectivity index (χ3n) is 2.95. The summed E-state index contributed by atoms with van der Waals surface area (Å²) < 4.78 is 13.2. The zero-order chi connectivity index (χ0) is 13.1. The lowest BCUT2D eigenvalue weighted by molar-refractivity contribution is 0.627. The van der Waals surface area contributed by atoms with Gasteiger partial charge in [0.05, 0.1) is 0 Å². The maximum absolute atomic E-state index is 13.2. The van der Waals surface area contributed by atoms with Crippen LogP contribution in [0.5, 0.6) is 0 Å². The zero-order valence-electron chi connectivity index (χ0n) is 10.7. The molecule has 0 saturated heterocycles. The molecule has 2 aromatic carbocycles. The number of halogens is 1. The maximum atomic E-state index is 13.2. The smallest absolute Gasteiger partial charge is 0.125 e. The minimum absolute atomic E-state index is 0.225. The van der Waals surface area contributed by atoms with Crippen LogP contribution in [-0.2, 0) is 6.54 Å². The largest absolute Gasteiger partial charge is 0.398 e. The van der Waals surface area contributed by atoms with Crippen molar-refractivity contribution < 1.29 is 4.39 Å². The fourth-order valence-electron chi connectivity index (χ4n) is 1.93. The molecule has 3 heteroatoms. The molecule has 0 aliphatic carbocycles. The van der Waals surface area contributed by atoms with Crippen molar-refractivity contribution in [3.05, 3.63) is 59.4 Å². The number of hydrogen-bond acceptors (Lipinski definition) is 2. The molecule has 0 amide bonds. The van der Waals surface area contributed by atoms with E-state index in [0.717, 1.165) is 16.9 Å². The zero-order valence-corrected chi connectivity index (χ0v) is 10.7. The molecule has 0 aliphatic heterocycles. The number of anilines is 2. The van der Waals surface area contributed by atoms with Crippen LogP contribution in [0, 0.1) is 12.7 Å². The Balaban J connectivity index is 2.21. The normalized spacial score (nSPS) is 10.4. The number of nitrogens with zero attached hydrogens (tertiary/aromatic N) is 1. The van der Waals surface area contributed by atoms with Gasteiger partial charge < -0.3 is 10.6 Å². The van der Waals surface area contributed by atoms with E-state index in [-0.39, 0.29) is 5.82 Å². The minimum atomic E-state index is -0.225. The summed E-state index contributed by atoms with van der Waals surface area (Å²) in [4.78, 5) is 1.98. The lowest BCUT2D eigenvalue weighted by Crippen LogP contribution is -2.17. The summed E-state index contributed by atoms with van der Waals surface area (Å²) in [5.74, 6) is -0.225. The molecular formula is C15H17FN2. The number of nitrogens with two attached hydrogens (primary N) is 1. The van der Waals surface area contributed by atoms with Gasteiger partial charge in [-0.15, -0.1) is 0 Å². The van der Waals surface area contributed by atoms with E-state index in [0.29, 0.717) is 6.54 Å². The van der Waals surface area contributed by atoms with Crippen molar-refractivity contribution in [2.75, 3.05) is 17.7 Å². The van der Waals surface area contributed by atoms with Crippen molar-refractivity contribution in [3.63, 3.8) is 0 Å². The van der Waals surface area contributed by atoms with E-state index in [2.05, 4.69) is 6.07 Å². The maximum Gasteiger partial charge on any atom is 0.125 e. The highest BCUT2D eigenvalue weighted by Crippen LogP contribution is 2.20. The third-order valence-corrected chi connectivity index (χ3v) is 2.95. The van der Waals surface area contributed by atoms with E-state index < -0.39 is 0 Å². The average molecular weight is 244 g/mol. The summed E-state index contributed by atoms with van der Waals surface area (Å²) in [7, 11) is 1.93. The molecule has 94 valence electrons. The molecule has 0 spiro atoms. The molecule has 2 nitrogen and oxygen atoms in total. The van der Waals surface area contributed by atoms with Crippen LogP contribution in [0.15, 0.2) is 42.5 Å². The van der Waals surface area contributed by atoms with Gasteiger partial charge in [-0.05, 0) is 36.8 Å². The first-order valence-electron chi connectivity index (χ1n) is 5.88. The van der Waals surface area contributed by atoms with Crippen LogP contribution in [-0.4, -0.2) is 7.05 Å². The highest BCUT2D eigenvalue weighted by molar-refractivity contribution is 5.52. The van der Waals surface area contributed by atoms with Crippen molar-refractivity contribution >= 4 is 11.4 Å². The molecule has 2 rings (SSSR count). The second kappa shape index (κ2) is 5.08. The Morgan fingerprint density at radius 1 is 1.17 bits per heavy atom. The van der Waals surface area contributed by atoms with Crippen LogP contribution in [0.3, 0.4) is 0 Å². The van der Waals surface area contributed by atoms with Gasteiger partial charge in [-0.3, -0.25) is 0 Å². The van der Waals surface area contributed by atoms with E-state index >= 15 is 0 Å². The first kappa shape index (κ1) is 12.4. The fraction of sp³-hybridized carbons (Fsp3) is 0.200. The van der Waals surface area contributed by atoms with Crippen molar-refractivity contribution in [3.8, 4) is 0 Å². The molecule has 0 bridgehead atoms. The predicted molar refractivity (Wildman–Crippen MR) is 74.1 cm³/mol. The van der Waals surface area contributed by atoms with Crippen molar-refractivity contribution in [2.45, 2.75) is 13.5 Å². The Morgan fingerprint density at radius 3 is 2.67 bits per heavy atom. The average Bonchev–Trinajstić information content (AvgIpc) is 2.34. The molecule has 0 unspecified atom stereocenters. The van der Waals surface area contributed by atoms with Gasteiger partial charge in [0, 0.05) is 25.0 Å². The molecule has 0 heterocycles. The third kappa shape index (κ3) is 2.80. The van der Waals surface area contributed by atoms with Gasteiger partial charge in [-0.25, -0.2) is 4.39 Å². The minimum Gasteiger partial charge on any atom is -0.398 e. The summed E-state index contributed by atoms with van der Waals surface area (Å²) in [6.07, 6.45) is 0. The first-order valence-corrected chi connectivity index (χ1v) is 5.88. The van der Waals surface area contributed by atoms with E-state index in [1.807, 2.05) is 37.1 Å². The van der Waals surface area contributed by atoms with Crippen LogP contribution < -0.4 is 10.6 Å². The lowest BCUT2D eigenvalue weighted by atomic mass is 10.1. The number of benzene rings is 2. The summed E-state index contributed by atoms with van der Waals surface area (Å²) >= 11 is 0. The molecule has 18 heavy (non-hydrogen) atoms. The van der Waals surface area contributed by atoms with E-state index in [9.17, 15) is 4.39 Å². The molecule has 2 aromatic rings. The van der Waals surface area contributed by atoms with Crippen molar-refractivity contribution in [2.24, 2.45) is 0 Å². The lowest BCUT2D eigenvalue weighted by Gasteiger charge is -2.20. The van der Waals surface area contributed by atoms with Crippen LogP contribution >= 0.6 is 0 Å². The Bertz CT molecular complexity index is 552. The van der Waals surface area contributed by atoms with Crippen LogP contribution in [0.25, 0.3) is 0 Å². The number of nitrogen functional groups attached to an aromatic ring is 1. The highest BCUT2D eigenvalue weighted by Gasteiger charge is 2.06. The molecule has 0 atom stereocenters. The van der Waals surface area contributed by atoms with Gasteiger partial charge in [-0.2, -0.15) is 0 Å². The van der Waals surface area contributed by atoms with E-state index in [1.165, 1.54) is 17.7 Å². The molecule has 0 aromatic heterocycles. The first-order chi connectivity index (χ1) is 8.56. The predicted octanol–water partition coefficient (Wildman–Crippen LogP) is 3.35. The van der Waals surface area contributed by atoms with Crippen LogP contribution in [0.4, 0.5) is 15.8 Å². The monoisotopic (exact) mass is 244 g/mol. The quantitative estimate of drug-likeness (QED) is 0.839. The molecule has 0 fully saturated rings. The second-order valence-electron chi connectivity index (χ2n) is 4.54. The molecular weight excluding hydrogens is 227 g/mol. The van der Waals surface area contributed by atoms with Crippen molar-refractivity contribution in [1.82, 2.24) is 0 Å². The Kier molecular flexibility index (Phi) is 3.51. The molecule has 2 N–H and O–H groups in total. The Labute approximate surface area is 107 Å². The molecule has 0 radical (unpaired) electrons. The van der Waals surface area contributed by atoms with Crippen molar-refractivity contribution in [1.29, 1.82) is 0 Å². The van der Waals surface area contributed by atoms with Gasteiger partial charge in [0.2, 0.25) is 0 Å². The van der Waals surface area contributed by atoms with Crippen LogP contribution in [0.1, 0.15) is 11.1 Å². The summed E-state index contributed by atoms with van der Waals surface area (Å²) in [6, 6.07) is 12.5. The SMILES string of the molecule is Cc1ccc(N)c(CN(C)c2cccc(F)c2)c1. The summed E-state index contributed by atoms with van der Waals surface area (Å²) in [5, 5.41) is 0. The Morgan fingerprint density at radius 2 is 1.94 bits per heavy atom. The number of hydrogen-bond donors (Lipinski definition) is 1. The topological polar surface area (TPSA) is 29.3 Å². The van der Waals surface area contributed by atoms with E-state index in [4.69, 9.17) is 5.73 Å². The highest BCUT2D eigenvalue weighted by atomic mass is 19.1. The van der Waals surface area contributed by atoms with Gasteiger partial charge in [0.15, 0.2) is 0 Å². The van der Waals surface area contributed by atoms with Gasteiger partial charge in [0.1, 0.15) is 5.82 Å². The summed E-state index contributed by atoms with van der Waals surface area (Å²) in [6.45, 7) is 2.70. The molecule has 0 aliphatic rings. The standard InChI is InChI=1S/C15H17FN2/c1-11-6-7-15(17)12(8-11)10-18(2)14-5-3-4-13(16)9-14/h3-9H,10,17H2,1-2H3. The Hall–Kier alpha value is -2.03. The number of rotatable bonds is 3.